The highest BCUT2D eigenvalue weighted by Gasteiger charge is 2.08. The molecule has 0 aliphatic heterocycles. The first kappa shape index (κ1) is 13.5. The Hall–Kier alpha value is -0.570. The predicted octanol–water partition coefficient (Wildman–Crippen LogP) is 3.42. The number of benzene rings is 1. The minimum atomic E-state index is 0.337. The highest BCUT2D eigenvalue weighted by atomic mass is 35.5. The first-order chi connectivity index (χ1) is 7.63. The van der Waals surface area contributed by atoms with Crippen LogP contribution in [-0.2, 0) is 4.74 Å². The van der Waals surface area contributed by atoms with Gasteiger partial charge in [0.2, 0.25) is 0 Å². The average Bonchev–Trinajstić information content (AvgIpc) is 2.27. The Morgan fingerprint density at radius 1 is 1.25 bits per heavy atom. The number of nitrogens with one attached hydrogen (secondary N) is 1. The van der Waals surface area contributed by atoms with Crippen LogP contribution in [0.15, 0.2) is 24.3 Å². The van der Waals surface area contributed by atoms with E-state index in [1.54, 1.807) is 7.11 Å². The number of hydrogen-bond acceptors (Lipinski definition) is 2. The summed E-state index contributed by atoms with van der Waals surface area (Å²) in [6.45, 7) is 5.12. The topological polar surface area (TPSA) is 21.3 Å². The maximum absolute atomic E-state index is 5.85. The van der Waals surface area contributed by atoms with E-state index >= 15 is 0 Å². The summed E-state index contributed by atoms with van der Waals surface area (Å²) >= 11 is 5.85. The molecule has 0 aromatic heterocycles. The Morgan fingerprint density at radius 3 is 2.44 bits per heavy atom. The van der Waals surface area contributed by atoms with Gasteiger partial charge in [-0.15, -0.1) is 0 Å². The van der Waals surface area contributed by atoms with Crippen molar-refractivity contribution in [2.24, 2.45) is 0 Å². The second-order valence-corrected chi connectivity index (χ2v) is 4.56. The number of halogens is 1. The fourth-order valence-electron chi connectivity index (χ4n) is 1.65. The summed E-state index contributed by atoms with van der Waals surface area (Å²) in [5.74, 6) is 0. The maximum atomic E-state index is 5.85. The summed E-state index contributed by atoms with van der Waals surface area (Å²) in [6, 6.07) is 8.75. The summed E-state index contributed by atoms with van der Waals surface area (Å²) in [5.41, 5.74) is 1.26. The van der Waals surface area contributed by atoms with Crippen LogP contribution in [-0.4, -0.2) is 19.8 Å². The van der Waals surface area contributed by atoms with Gasteiger partial charge in [-0.05, 0) is 38.0 Å². The molecule has 2 atom stereocenters. The Morgan fingerprint density at radius 2 is 1.88 bits per heavy atom. The van der Waals surface area contributed by atoms with Crippen LogP contribution in [0.4, 0.5) is 0 Å². The lowest BCUT2D eigenvalue weighted by Crippen LogP contribution is -2.29. The van der Waals surface area contributed by atoms with Gasteiger partial charge in [-0.25, -0.2) is 0 Å². The molecule has 16 heavy (non-hydrogen) atoms. The Bertz CT molecular complexity index is 299. The molecule has 0 amide bonds. The molecule has 0 spiro atoms. The van der Waals surface area contributed by atoms with Crippen LogP contribution in [0.3, 0.4) is 0 Å². The molecule has 3 heteroatoms. The third-order valence-electron chi connectivity index (χ3n) is 2.66. The van der Waals surface area contributed by atoms with E-state index in [2.05, 4.69) is 31.3 Å². The lowest BCUT2D eigenvalue weighted by atomic mass is 10.1. The van der Waals surface area contributed by atoms with Crippen molar-refractivity contribution < 1.29 is 4.74 Å². The van der Waals surface area contributed by atoms with Crippen molar-refractivity contribution in [3.05, 3.63) is 34.9 Å². The lowest BCUT2D eigenvalue weighted by Gasteiger charge is -2.20. The largest absolute Gasteiger partial charge is 0.385 e. The van der Waals surface area contributed by atoms with Gasteiger partial charge >= 0.3 is 0 Å². The number of hydrogen-bond donors (Lipinski definition) is 1. The van der Waals surface area contributed by atoms with Crippen LogP contribution in [0, 0.1) is 0 Å². The van der Waals surface area contributed by atoms with E-state index in [-0.39, 0.29) is 0 Å². The molecule has 1 N–H and O–H groups in total. The third kappa shape index (κ3) is 4.52. The van der Waals surface area contributed by atoms with E-state index in [0.29, 0.717) is 12.1 Å². The molecule has 0 aliphatic carbocycles. The van der Waals surface area contributed by atoms with Crippen molar-refractivity contribution in [1.82, 2.24) is 5.32 Å². The van der Waals surface area contributed by atoms with Crippen LogP contribution in [0.25, 0.3) is 0 Å². The molecule has 1 unspecified atom stereocenters. The molecule has 0 bridgehead atoms. The van der Waals surface area contributed by atoms with Crippen molar-refractivity contribution in [2.45, 2.75) is 32.4 Å². The molecule has 2 nitrogen and oxygen atoms in total. The second kappa shape index (κ2) is 6.89. The molecule has 0 radical (unpaired) electrons. The zero-order valence-corrected chi connectivity index (χ0v) is 10.9. The molecule has 0 heterocycles. The summed E-state index contributed by atoms with van der Waals surface area (Å²) in [4.78, 5) is 0. The van der Waals surface area contributed by atoms with Crippen molar-refractivity contribution >= 4 is 11.6 Å². The third-order valence-corrected chi connectivity index (χ3v) is 2.91. The van der Waals surface area contributed by atoms with Gasteiger partial charge in [-0.1, -0.05) is 23.7 Å². The van der Waals surface area contributed by atoms with Gasteiger partial charge in [0.25, 0.3) is 0 Å². The molecule has 90 valence electrons. The van der Waals surface area contributed by atoms with E-state index in [9.17, 15) is 0 Å². The van der Waals surface area contributed by atoms with Crippen molar-refractivity contribution in [3.63, 3.8) is 0 Å². The molecule has 1 aromatic carbocycles. The van der Waals surface area contributed by atoms with E-state index in [0.717, 1.165) is 18.1 Å². The molecular weight excluding hydrogens is 222 g/mol. The van der Waals surface area contributed by atoms with Gasteiger partial charge in [-0.2, -0.15) is 0 Å². The minimum Gasteiger partial charge on any atom is -0.385 e. The van der Waals surface area contributed by atoms with Crippen molar-refractivity contribution in [3.8, 4) is 0 Å². The zero-order valence-electron chi connectivity index (χ0n) is 10.2. The maximum Gasteiger partial charge on any atom is 0.0476 e. The summed E-state index contributed by atoms with van der Waals surface area (Å²) in [6.07, 6.45) is 1.02. The van der Waals surface area contributed by atoms with Crippen molar-refractivity contribution in [2.75, 3.05) is 13.7 Å². The van der Waals surface area contributed by atoms with E-state index in [4.69, 9.17) is 16.3 Å². The smallest absolute Gasteiger partial charge is 0.0476 e. The van der Waals surface area contributed by atoms with Gasteiger partial charge in [0.1, 0.15) is 0 Å². The summed E-state index contributed by atoms with van der Waals surface area (Å²) in [7, 11) is 1.73. The van der Waals surface area contributed by atoms with Gasteiger partial charge in [0.05, 0.1) is 0 Å². The highest BCUT2D eigenvalue weighted by Crippen LogP contribution is 2.16. The number of ether oxygens (including phenoxy) is 1. The SMILES string of the molecule is COCCC(C)N[C@H](C)c1ccc(Cl)cc1. The van der Waals surface area contributed by atoms with E-state index in [1.807, 2.05) is 12.1 Å². The molecular formula is C13H20ClNO. The Balaban J connectivity index is 2.45. The Labute approximate surface area is 103 Å². The fourth-order valence-corrected chi connectivity index (χ4v) is 1.78. The predicted molar refractivity (Wildman–Crippen MR) is 69.0 cm³/mol. The summed E-state index contributed by atoms with van der Waals surface area (Å²) in [5, 5.41) is 4.31. The first-order valence-electron chi connectivity index (χ1n) is 5.64. The van der Waals surface area contributed by atoms with E-state index in [1.165, 1.54) is 5.56 Å². The second-order valence-electron chi connectivity index (χ2n) is 4.12. The van der Waals surface area contributed by atoms with Crippen LogP contribution in [0.2, 0.25) is 5.02 Å². The van der Waals surface area contributed by atoms with Gasteiger partial charge in [0.15, 0.2) is 0 Å². The minimum absolute atomic E-state index is 0.337. The molecule has 1 rings (SSSR count). The number of rotatable bonds is 6. The van der Waals surface area contributed by atoms with Gasteiger partial charge in [0, 0.05) is 30.8 Å². The first-order valence-corrected chi connectivity index (χ1v) is 6.01. The molecule has 0 saturated carbocycles. The van der Waals surface area contributed by atoms with E-state index < -0.39 is 0 Å². The molecule has 0 fully saturated rings. The highest BCUT2D eigenvalue weighted by molar-refractivity contribution is 6.30. The lowest BCUT2D eigenvalue weighted by molar-refractivity contribution is 0.183. The molecule has 0 aliphatic rings. The van der Waals surface area contributed by atoms with Crippen molar-refractivity contribution in [1.29, 1.82) is 0 Å². The van der Waals surface area contributed by atoms with Crippen LogP contribution < -0.4 is 5.32 Å². The summed E-state index contributed by atoms with van der Waals surface area (Å²) < 4.78 is 5.06. The van der Waals surface area contributed by atoms with Crippen LogP contribution >= 0.6 is 11.6 Å². The molecule has 0 saturated heterocycles. The fraction of sp³-hybridized carbons (Fsp3) is 0.538. The Kier molecular flexibility index (Phi) is 5.81. The number of methoxy groups -OCH3 is 1. The normalized spacial score (nSPS) is 14.8. The monoisotopic (exact) mass is 241 g/mol. The standard InChI is InChI=1S/C13H20ClNO/c1-10(8-9-16-3)15-11(2)12-4-6-13(14)7-5-12/h4-7,10-11,15H,8-9H2,1-3H3/t10?,11-/m1/s1. The molecule has 1 aromatic rings. The van der Waals surface area contributed by atoms with Gasteiger partial charge in [-0.3, -0.25) is 0 Å². The zero-order chi connectivity index (χ0) is 12.0. The quantitative estimate of drug-likeness (QED) is 0.824. The van der Waals surface area contributed by atoms with Crippen LogP contribution in [0.5, 0.6) is 0 Å². The average molecular weight is 242 g/mol. The van der Waals surface area contributed by atoms with Crippen LogP contribution in [0.1, 0.15) is 31.9 Å². The van der Waals surface area contributed by atoms with Gasteiger partial charge < -0.3 is 10.1 Å².